The first kappa shape index (κ1) is 8.97. The Morgan fingerprint density at radius 2 is 2.23 bits per heavy atom. The summed E-state index contributed by atoms with van der Waals surface area (Å²) in [6.07, 6.45) is 5.30. The third kappa shape index (κ3) is 1.45. The van der Waals surface area contributed by atoms with E-state index in [0.717, 1.165) is 18.5 Å². The van der Waals surface area contributed by atoms with Crippen molar-refractivity contribution in [1.82, 2.24) is 4.98 Å². The lowest BCUT2D eigenvalue weighted by Gasteiger charge is -2.40. The Balaban J connectivity index is 2.28. The average Bonchev–Trinajstić information content (AvgIpc) is 2.07. The van der Waals surface area contributed by atoms with Crippen LogP contribution in [0.25, 0.3) is 0 Å². The van der Waals surface area contributed by atoms with Crippen LogP contribution in [-0.2, 0) is 5.41 Å². The molecule has 0 aliphatic heterocycles. The predicted octanol–water partition coefficient (Wildman–Crippen LogP) is 2.12. The smallest absolute Gasteiger partial charge is 0.0589 e. The van der Waals surface area contributed by atoms with Crippen molar-refractivity contribution in [2.45, 2.75) is 24.7 Å². The van der Waals surface area contributed by atoms with Crippen LogP contribution < -0.4 is 5.73 Å². The van der Waals surface area contributed by atoms with Crippen molar-refractivity contribution in [2.24, 2.45) is 5.73 Å². The van der Waals surface area contributed by atoms with Gasteiger partial charge < -0.3 is 5.73 Å². The van der Waals surface area contributed by atoms with Crippen molar-refractivity contribution in [2.75, 3.05) is 6.54 Å². The van der Waals surface area contributed by atoms with E-state index in [-0.39, 0.29) is 5.41 Å². The van der Waals surface area contributed by atoms with E-state index in [2.05, 4.69) is 4.98 Å². The fourth-order valence-electron chi connectivity index (χ4n) is 1.86. The van der Waals surface area contributed by atoms with Gasteiger partial charge in [-0.05, 0) is 25.0 Å². The molecule has 1 heterocycles. The van der Waals surface area contributed by atoms with Gasteiger partial charge in [0.05, 0.1) is 5.02 Å². The van der Waals surface area contributed by atoms with E-state index in [9.17, 15) is 0 Å². The molecule has 2 N–H and O–H groups in total. The van der Waals surface area contributed by atoms with E-state index in [1.54, 1.807) is 6.20 Å². The van der Waals surface area contributed by atoms with Crippen LogP contribution in [0.15, 0.2) is 18.3 Å². The predicted molar refractivity (Wildman–Crippen MR) is 53.8 cm³/mol. The summed E-state index contributed by atoms with van der Waals surface area (Å²) >= 11 is 5.77. The number of nitrogens with zero attached hydrogens (tertiary/aromatic N) is 1. The fourth-order valence-corrected chi connectivity index (χ4v) is 1.97. The summed E-state index contributed by atoms with van der Waals surface area (Å²) in [5.41, 5.74) is 7.03. The van der Waals surface area contributed by atoms with Gasteiger partial charge in [0.1, 0.15) is 0 Å². The molecule has 3 heteroatoms. The highest BCUT2D eigenvalue weighted by atomic mass is 35.5. The maximum absolute atomic E-state index is 5.77. The maximum atomic E-state index is 5.77. The van der Waals surface area contributed by atoms with Gasteiger partial charge in [-0.3, -0.25) is 4.98 Å². The molecular formula is C10H13ClN2. The second-order valence-electron chi connectivity index (χ2n) is 3.70. The summed E-state index contributed by atoms with van der Waals surface area (Å²) < 4.78 is 0. The standard InChI is InChI=1S/C10H13ClN2/c11-8-2-3-9(13-6-8)10(7-12)4-1-5-10/h2-3,6H,1,4-5,7,12H2. The van der Waals surface area contributed by atoms with Crippen LogP contribution in [0.5, 0.6) is 0 Å². The van der Waals surface area contributed by atoms with Gasteiger partial charge in [0.15, 0.2) is 0 Å². The van der Waals surface area contributed by atoms with E-state index < -0.39 is 0 Å². The first-order chi connectivity index (χ1) is 6.27. The van der Waals surface area contributed by atoms with E-state index in [4.69, 9.17) is 17.3 Å². The summed E-state index contributed by atoms with van der Waals surface area (Å²) in [4.78, 5) is 4.33. The number of pyridine rings is 1. The van der Waals surface area contributed by atoms with Crippen molar-refractivity contribution in [3.05, 3.63) is 29.0 Å². The molecule has 1 aromatic rings. The summed E-state index contributed by atoms with van der Waals surface area (Å²) in [5.74, 6) is 0. The van der Waals surface area contributed by atoms with E-state index in [1.165, 1.54) is 6.42 Å². The average molecular weight is 197 g/mol. The highest BCUT2D eigenvalue weighted by Gasteiger charge is 2.38. The lowest BCUT2D eigenvalue weighted by molar-refractivity contribution is 0.246. The zero-order chi connectivity index (χ0) is 9.31. The SMILES string of the molecule is NCC1(c2ccc(Cl)cn2)CCC1. The second kappa shape index (κ2) is 3.28. The molecule has 70 valence electrons. The molecule has 1 aliphatic rings. The van der Waals surface area contributed by atoms with E-state index in [0.29, 0.717) is 11.6 Å². The van der Waals surface area contributed by atoms with Crippen molar-refractivity contribution in [3.8, 4) is 0 Å². The summed E-state index contributed by atoms with van der Waals surface area (Å²) in [7, 11) is 0. The van der Waals surface area contributed by atoms with E-state index >= 15 is 0 Å². The highest BCUT2D eigenvalue weighted by molar-refractivity contribution is 6.30. The van der Waals surface area contributed by atoms with Crippen LogP contribution in [0, 0.1) is 0 Å². The quantitative estimate of drug-likeness (QED) is 0.787. The molecule has 1 aromatic heterocycles. The second-order valence-corrected chi connectivity index (χ2v) is 4.14. The van der Waals surface area contributed by atoms with Crippen LogP contribution in [0.1, 0.15) is 25.0 Å². The largest absolute Gasteiger partial charge is 0.330 e. The monoisotopic (exact) mass is 196 g/mol. The number of nitrogens with two attached hydrogens (primary N) is 1. The van der Waals surface area contributed by atoms with Gasteiger partial charge in [0, 0.05) is 23.9 Å². The van der Waals surface area contributed by atoms with Crippen molar-refractivity contribution in [1.29, 1.82) is 0 Å². The van der Waals surface area contributed by atoms with Crippen molar-refractivity contribution in [3.63, 3.8) is 0 Å². The molecule has 2 rings (SSSR count). The molecular weight excluding hydrogens is 184 g/mol. The number of hydrogen-bond donors (Lipinski definition) is 1. The van der Waals surface area contributed by atoms with Gasteiger partial charge in [-0.1, -0.05) is 18.0 Å². The zero-order valence-corrected chi connectivity index (χ0v) is 8.22. The molecule has 1 saturated carbocycles. The minimum atomic E-state index is 0.157. The Hall–Kier alpha value is -0.600. The first-order valence-corrected chi connectivity index (χ1v) is 4.97. The number of halogens is 1. The Kier molecular flexibility index (Phi) is 2.26. The van der Waals surface area contributed by atoms with Crippen molar-refractivity contribution < 1.29 is 0 Å². The van der Waals surface area contributed by atoms with Crippen LogP contribution in [-0.4, -0.2) is 11.5 Å². The normalized spacial score (nSPS) is 19.5. The molecule has 0 unspecified atom stereocenters. The third-order valence-electron chi connectivity index (χ3n) is 2.97. The van der Waals surface area contributed by atoms with Crippen LogP contribution in [0.4, 0.5) is 0 Å². The topological polar surface area (TPSA) is 38.9 Å². The Labute approximate surface area is 83.1 Å². The first-order valence-electron chi connectivity index (χ1n) is 4.59. The Bertz CT molecular complexity index is 285. The van der Waals surface area contributed by atoms with Gasteiger partial charge in [0.25, 0.3) is 0 Å². The van der Waals surface area contributed by atoms with Gasteiger partial charge in [-0.2, -0.15) is 0 Å². The molecule has 0 bridgehead atoms. The molecule has 1 aliphatic carbocycles. The molecule has 0 aromatic carbocycles. The zero-order valence-electron chi connectivity index (χ0n) is 7.46. The van der Waals surface area contributed by atoms with Crippen LogP contribution in [0.3, 0.4) is 0 Å². The van der Waals surface area contributed by atoms with Crippen molar-refractivity contribution >= 4 is 11.6 Å². The molecule has 13 heavy (non-hydrogen) atoms. The third-order valence-corrected chi connectivity index (χ3v) is 3.20. The number of hydrogen-bond acceptors (Lipinski definition) is 2. The minimum Gasteiger partial charge on any atom is -0.330 e. The van der Waals surface area contributed by atoms with Gasteiger partial charge in [0.2, 0.25) is 0 Å². The lowest BCUT2D eigenvalue weighted by atomic mass is 9.66. The Morgan fingerprint density at radius 3 is 2.62 bits per heavy atom. The van der Waals surface area contributed by atoms with E-state index in [1.807, 2.05) is 12.1 Å². The van der Waals surface area contributed by atoms with Gasteiger partial charge in [-0.25, -0.2) is 0 Å². The highest BCUT2D eigenvalue weighted by Crippen LogP contribution is 2.41. The van der Waals surface area contributed by atoms with Gasteiger partial charge >= 0.3 is 0 Å². The van der Waals surface area contributed by atoms with Gasteiger partial charge in [-0.15, -0.1) is 0 Å². The summed E-state index contributed by atoms with van der Waals surface area (Å²) in [6.45, 7) is 0.696. The minimum absolute atomic E-state index is 0.157. The summed E-state index contributed by atoms with van der Waals surface area (Å²) in [5, 5.41) is 0.690. The molecule has 0 radical (unpaired) electrons. The molecule has 1 fully saturated rings. The van der Waals surface area contributed by atoms with Crippen LogP contribution in [0.2, 0.25) is 5.02 Å². The molecule has 0 amide bonds. The number of rotatable bonds is 2. The molecule has 2 nitrogen and oxygen atoms in total. The Morgan fingerprint density at radius 1 is 1.46 bits per heavy atom. The van der Waals surface area contributed by atoms with Crippen LogP contribution >= 0.6 is 11.6 Å². The summed E-state index contributed by atoms with van der Waals surface area (Å²) in [6, 6.07) is 3.88. The molecule has 0 spiro atoms. The molecule has 0 saturated heterocycles. The maximum Gasteiger partial charge on any atom is 0.0589 e. The molecule has 0 atom stereocenters. The fraction of sp³-hybridized carbons (Fsp3) is 0.500. The lowest BCUT2D eigenvalue weighted by Crippen LogP contribution is -2.42. The number of aromatic nitrogens is 1.